The van der Waals surface area contributed by atoms with Gasteiger partial charge >= 0.3 is 0 Å². The lowest BCUT2D eigenvalue weighted by Gasteiger charge is -2.14. The summed E-state index contributed by atoms with van der Waals surface area (Å²) in [4.78, 5) is 14.5. The van der Waals surface area contributed by atoms with Gasteiger partial charge < -0.3 is 4.42 Å². The summed E-state index contributed by atoms with van der Waals surface area (Å²) < 4.78 is 6.70. The second-order valence-electron chi connectivity index (χ2n) is 4.14. The fourth-order valence-electron chi connectivity index (χ4n) is 1.84. The SMILES string of the molecule is O=C1C(=Cc2ccc(I)o2)SC(=S)N1c1cccc(Cl)c1. The van der Waals surface area contributed by atoms with E-state index in [0.29, 0.717) is 25.7 Å². The second-order valence-corrected chi connectivity index (χ2v) is 7.31. The van der Waals surface area contributed by atoms with Crippen LogP contribution >= 0.6 is 58.2 Å². The van der Waals surface area contributed by atoms with Crippen molar-refractivity contribution in [2.45, 2.75) is 0 Å². The zero-order chi connectivity index (χ0) is 15.0. The molecule has 2 aromatic rings. The van der Waals surface area contributed by atoms with Crippen molar-refractivity contribution in [2.24, 2.45) is 0 Å². The minimum atomic E-state index is -0.168. The maximum Gasteiger partial charge on any atom is 0.270 e. The molecule has 21 heavy (non-hydrogen) atoms. The summed E-state index contributed by atoms with van der Waals surface area (Å²) in [6, 6.07) is 10.7. The Morgan fingerprint density at radius 1 is 1.33 bits per heavy atom. The number of nitrogens with zero attached hydrogens (tertiary/aromatic N) is 1. The van der Waals surface area contributed by atoms with Crippen LogP contribution in [-0.2, 0) is 4.79 Å². The standard InChI is InChI=1S/C14H7ClINO2S2/c15-8-2-1-3-9(6-8)17-13(18)11(21-14(17)20)7-10-4-5-12(16)19-10/h1-7H. The highest BCUT2D eigenvalue weighted by molar-refractivity contribution is 14.1. The molecule has 1 aliphatic heterocycles. The van der Waals surface area contributed by atoms with Crippen LogP contribution in [0.25, 0.3) is 6.08 Å². The molecule has 1 aliphatic rings. The van der Waals surface area contributed by atoms with Crippen molar-refractivity contribution in [3.63, 3.8) is 0 Å². The largest absolute Gasteiger partial charge is 0.451 e. The van der Waals surface area contributed by atoms with E-state index in [9.17, 15) is 4.79 Å². The van der Waals surface area contributed by atoms with Gasteiger partial charge in [0.25, 0.3) is 5.91 Å². The minimum absolute atomic E-state index is 0.168. The van der Waals surface area contributed by atoms with E-state index in [1.54, 1.807) is 30.3 Å². The molecule has 1 fully saturated rings. The summed E-state index contributed by atoms with van der Waals surface area (Å²) in [5.41, 5.74) is 0.669. The number of hydrogen-bond donors (Lipinski definition) is 0. The molecule has 0 atom stereocenters. The van der Waals surface area contributed by atoms with Crippen LogP contribution in [0.3, 0.4) is 0 Å². The van der Waals surface area contributed by atoms with Crippen molar-refractivity contribution >= 4 is 80.2 Å². The third-order valence-electron chi connectivity index (χ3n) is 2.73. The first-order valence-corrected chi connectivity index (χ1v) is 8.51. The van der Waals surface area contributed by atoms with Crippen LogP contribution in [0, 0.1) is 3.77 Å². The van der Waals surface area contributed by atoms with Crippen LogP contribution in [0.5, 0.6) is 0 Å². The average Bonchev–Trinajstić information content (AvgIpc) is 2.94. The summed E-state index contributed by atoms with van der Waals surface area (Å²) in [5, 5.41) is 0.561. The molecular formula is C14H7ClINO2S2. The predicted octanol–water partition coefficient (Wildman–Crippen LogP) is 4.94. The Balaban J connectivity index is 1.94. The van der Waals surface area contributed by atoms with E-state index in [2.05, 4.69) is 22.6 Å². The molecular weight excluding hydrogens is 441 g/mol. The van der Waals surface area contributed by atoms with Gasteiger partial charge in [-0.15, -0.1) is 0 Å². The molecule has 0 spiro atoms. The molecule has 3 nitrogen and oxygen atoms in total. The average molecular weight is 448 g/mol. The Morgan fingerprint density at radius 2 is 2.14 bits per heavy atom. The summed E-state index contributed by atoms with van der Waals surface area (Å²) in [6.07, 6.45) is 1.70. The lowest BCUT2D eigenvalue weighted by Crippen LogP contribution is -2.27. The van der Waals surface area contributed by atoms with Gasteiger partial charge in [0.05, 0.1) is 10.6 Å². The Hall–Kier alpha value is -0.830. The maximum atomic E-state index is 12.5. The first-order valence-electron chi connectivity index (χ1n) is 5.83. The molecule has 7 heteroatoms. The lowest BCUT2D eigenvalue weighted by molar-refractivity contribution is -0.113. The van der Waals surface area contributed by atoms with Gasteiger partial charge in [-0.1, -0.05) is 41.6 Å². The monoisotopic (exact) mass is 447 g/mol. The van der Waals surface area contributed by atoms with Crippen LogP contribution < -0.4 is 4.90 Å². The maximum absolute atomic E-state index is 12.5. The van der Waals surface area contributed by atoms with Gasteiger partial charge in [0, 0.05) is 11.1 Å². The molecule has 1 aromatic carbocycles. The number of thiocarbonyl (C=S) groups is 1. The summed E-state index contributed by atoms with van der Waals surface area (Å²) >= 11 is 14.6. The van der Waals surface area contributed by atoms with Gasteiger partial charge in [-0.3, -0.25) is 9.69 Å². The van der Waals surface area contributed by atoms with E-state index < -0.39 is 0 Å². The molecule has 0 bridgehead atoms. The number of amides is 1. The normalized spacial score (nSPS) is 17.0. The van der Waals surface area contributed by atoms with Crippen LogP contribution in [0.15, 0.2) is 45.7 Å². The summed E-state index contributed by atoms with van der Waals surface area (Å²) in [6.45, 7) is 0. The van der Waals surface area contributed by atoms with Crippen LogP contribution in [0.2, 0.25) is 5.02 Å². The van der Waals surface area contributed by atoms with Crippen molar-refractivity contribution in [1.82, 2.24) is 0 Å². The number of anilines is 1. The molecule has 0 N–H and O–H groups in total. The van der Waals surface area contributed by atoms with Gasteiger partial charge in [0.2, 0.25) is 0 Å². The lowest BCUT2D eigenvalue weighted by atomic mass is 10.3. The summed E-state index contributed by atoms with van der Waals surface area (Å²) in [5.74, 6) is 0.463. The number of halogens is 2. The highest BCUT2D eigenvalue weighted by Gasteiger charge is 2.33. The number of carbonyl (C=O) groups is 1. The number of carbonyl (C=O) groups excluding carboxylic acids is 1. The second kappa shape index (κ2) is 6.12. The molecule has 1 saturated heterocycles. The van der Waals surface area contributed by atoms with E-state index >= 15 is 0 Å². The van der Waals surface area contributed by atoms with Crippen LogP contribution in [0.1, 0.15) is 5.76 Å². The van der Waals surface area contributed by atoms with E-state index in [-0.39, 0.29) is 5.91 Å². The number of benzene rings is 1. The Morgan fingerprint density at radius 3 is 2.81 bits per heavy atom. The number of thioether (sulfide) groups is 1. The number of furan rings is 1. The highest BCUT2D eigenvalue weighted by atomic mass is 127. The summed E-state index contributed by atoms with van der Waals surface area (Å²) in [7, 11) is 0. The van der Waals surface area contributed by atoms with Crippen LogP contribution in [0.4, 0.5) is 5.69 Å². The predicted molar refractivity (Wildman–Crippen MR) is 98.5 cm³/mol. The van der Waals surface area contributed by atoms with Crippen LogP contribution in [-0.4, -0.2) is 10.2 Å². The van der Waals surface area contributed by atoms with Crippen molar-refractivity contribution in [3.05, 3.63) is 55.9 Å². The first-order chi connectivity index (χ1) is 10.0. The Kier molecular flexibility index (Phi) is 4.39. The molecule has 0 radical (unpaired) electrons. The third kappa shape index (κ3) is 3.18. The number of rotatable bonds is 2. The van der Waals surface area contributed by atoms with E-state index in [0.717, 1.165) is 3.77 Å². The zero-order valence-electron chi connectivity index (χ0n) is 10.4. The molecule has 0 aliphatic carbocycles. The topological polar surface area (TPSA) is 33.5 Å². The third-order valence-corrected chi connectivity index (χ3v) is 4.84. The quantitative estimate of drug-likeness (QED) is 0.371. The Labute approximate surface area is 149 Å². The Bertz CT molecular complexity index is 772. The molecule has 3 rings (SSSR count). The zero-order valence-corrected chi connectivity index (χ0v) is 14.9. The van der Waals surface area contributed by atoms with Gasteiger partial charge in [0.1, 0.15) is 5.76 Å². The number of hydrogen-bond acceptors (Lipinski definition) is 4. The van der Waals surface area contributed by atoms with Gasteiger partial charge in [-0.2, -0.15) is 0 Å². The molecule has 1 aromatic heterocycles. The van der Waals surface area contributed by atoms with Crippen molar-refractivity contribution < 1.29 is 9.21 Å². The van der Waals surface area contributed by atoms with E-state index in [1.807, 2.05) is 12.1 Å². The van der Waals surface area contributed by atoms with Gasteiger partial charge in [-0.25, -0.2) is 0 Å². The van der Waals surface area contributed by atoms with Crippen molar-refractivity contribution in [1.29, 1.82) is 0 Å². The first kappa shape index (κ1) is 15.1. The molecule has 0 saturated carbocycles. The fourth-order valence-corrected chi connectivity index (χ4v) is 3.74. The van der Waals surface area contributed by atoms with Crippen molar-refractivity contribution in [2.75, 3.05) is 4.90 Å². The smallest absolute Gasteiger partial charge is 0.270 e. The molecule has 0 unspecified atom stereocenters. The molecule has 1 amide bonds. The minimum Gasteiger partial charge on any atom is -0.451 e. The van der Waals surface area contributed by atoms with E-state index in [1.165, 1.54) is 16.7 Å². The molecule has 2 heterocycles. The van der Waals surface area contributed by atoms with Gasteiger partial charge in [0.15, 0.2) is 8.09 Å². The highest BCUT2D eigenvalue weighted by Crippen LogP contribution is 2.36. The van der Waals surface area contributed by atoms with Crippen molar-refractivity contribution in [3.8, 4) is 0 Å². The molecule has 106 valence electrons. The fraction of sp³-hybridized carbons (Fsp3) is 0. The van der Waals surface area contributed by atoms with E-state index in [4.69, 9.17) is 28.2 Å². The van der Waals surface area contributed by atoms with Gasteiger partial charge in [-0.05, 0) is 52.9 Å².